The van der Waals surface area contributed by atoms with Gasteiger partial charge in [-0.2, -0.15) is 0 Å². The summed E-state index contributed by atoms with van der Waals surface area (Å²) in [7, 11) is 3.17. The normalized spacial score (nSPS) is 12.8. The Morgan fingerprint density at radius 2 is 1.62 bits per heavy atom. The predicted molar refractivity (Wildman–Crippen MR) is 120 cm³/mol. The van der Waals surface area contributed by atoms with Crippen LogP contribution in [-0.4, -0.2) is 66.9 Å². The van der Waals surface area contributed by atoms with Gasteiger partial charge in [-0.15, -0.1) is 6.58 Å². The van der Waals surface area contributed by atoms with Crippen LogP contribution in [0.3, 0.4) is 0 Å². The van der Waals surface area contributed by atoms with Crippen LogP contribution in [0.4, 0.5) is 4.79 Å². The summed E-state index contributed by atoms with van der Waals surface area (Å²) in [4.78, 5) is 60.4. The molecule has 180 valence electrons. The first kappa shape index (κ1) is 27.7. The summed E-state index contributed by atoms with van der Waals surface area (Å²) in [6.07, 6.45) is -0.841. The second-order valence-electron chi connectivity index (χ2n) is 6.48. The van der Waals surface area contributed by atoms with E-state index < -0.39 is 53.7 Å². The van der Waals surface area contributed by atoms with E-state index >= 15 is 0 Å². The van der Waals surface area contributed by atoms with Gasteiger partial charge in [-0.3, -0.25) is 4.79 Å². The Labute approximate surface area is 191 Å². The van der Waals surface area contributed by atoms with Gasteiger partial charge in [0.05, 0.1) is 39.3 Å². The number of rotatable bonds is 13. The van der Waals surface area contributed by atoms with E-state index in [0.717, 1.165) is 26.2 Å². The zero-order valence-corrected chi connectivity index (χ0v) is 19.4. The highest BCUT2D eigenvalue weighted by Gasteiger charge is 2.19. The standard InChI is InChI=1S/C18H27N3O9S2/c1-4-7-19-15(25)20(9-12(22)5-2)17(27)21(16(19)26)10-13(23)11-30-14(24)6-8-31-32-18(28)29-3/h4,12-13,22-23H,1,5-11H2,2-3H3. The molecule has 1 aromatic rings. The van der Waals surface area contributed by atoms with Gasteiger partial charge in [0, 0.05) is 16.5 Å². The van der Waals surface area contributed by atoms with Gasteiger partial charge >= 0.3 is 28.3 Å². The van der Waals surface area contributed by atoms with Crippen molar-refractivity contribution in [1.82, 2.24) is 13.7 Å². The SMILES string of the molecule is C=CCn1c(=O)n(CC(O)CC)c(=O)n(CC(O)COC(=O)CCSSC(=O)OC)c1=O. The van der Waals surface area contributed by atoms with Gasteiger partial charge in [-0.25, -0.2) is 32.9 Å². The highest BCUT2D eigenvalue weighted by atomic mass is 33.1. The average Bonchev–Trinajstić information content (AvgIpc) is 2.78. The third-order valence-electron chi connectivity index (χ3n) is 4.07. The summed E-state index contributed by atoms with van der Waals surface area (Å²) in [5.74, 6) is -0.375. The number of aliphatic hydroxyl groups is 2. The van der Waals surface area contributed by atoms with E-state index in [2.05, 4.69) is 11.3 Å². The van der Waals surface area contributed by atoms with Crippen LogP contribution in [-0.2, 0) is 33.9 Å². The molecule has 0 saturated heterocycles. The Morgan fingerprint density at radius 3 is 2.16 bits per heavy atom. The molecule has 12 nitrogen and oxygen atoms in total. The van der Waals surface area contributed by atoms with Crippen molar-refractivity contribution >= 4 is 32.9 Å². The topological polar surface area (TPSA) is 159 Å². The third kappa shape index (κ3) is 8.33. The lowest BCUT2D eigenvalue weighted by molar-refractivity contribution is -0.146. The number of hydrogen-bond acceptors (Lipinski definition) is 11. The van der Waals surface area contributed by atoms with Crippen LogP contribution in [0.2, 0.25) is 0 Å². The summed E-state index contributed by atoms with van der Waals surface area (Å²) in [6, 6.07) is 0. The number of allylic oxidation sites excluding steroid dienone is 1. The van der Waals surface area contributed by atoms with Crippen molar-refractivity contribution in [2.75, 3.05) is 19.5 Å². The quantitative estimate of drug-likeness (QED) is 0.159. The number of ether oxygens (including phenoxy) is 2. The van der Waals surface area contributed by atoms with Crippen LogP contribution in [0, 0.1) is 0 Å². The molecule has 0 radical (unpaired) electrons. The summed E-state index contributed by atoms with van der Waals surface area (Å²) in [6.45, 7) is 3.62. The van der Waals surface area contributed by atoms with Crippen LogP contribution < -0.4 is 17.1 Å². The zero-order chi connectivity index (χ0) is 24.3. The number of hydrogen-bond donors (Lipinski definition) is 2. The molecular weight excluding hydrogens is 466 g/mol. The van der Waals surface area contributed by atoms with Crippen LogP contribution >= 0.6 is 21.6 Å². The molecule has 1 rings (SSSR count). The number of aromatic nitrogens is 3. The molecule has 0 aliphatic carbocycles. The number of esters is 1. The molecule has 2 atom stereocenters. The Hall–Kier alpha value is -2.29. The number of aliphatic hydroxyl groups excluding tert-OH is 2. The molecular formula is C18H27N3O9S2. The maximum Gasteiger partial charge on any atom is 0.377 e. The van der Waals surface area contributed by atoms with Crippen LogP contribution in [0.25, 0.3) is 0 Å². The van der Waals surface area contributed by atoms with Crippen LogP contribution in [0.1, 0.15) is 19.8 Å². The van der Waals surface area contributed by atoms with Gasteiger partial charge in [0.15, 0.2) is 0 Å². The van der Waals surface area contributed by atoms with Crippen molar-refractivity contribution in [3.05, 3.63) is 44.1 Å². The molecule has 0 spiro atoms. The van der Waals surface area contributed by atoms with Crippen LogP contribution in [0.15, 0.2) is 27.0 Å². The molecule has 14 heteroatoms. The number of carbonyl (C=O) groups is 2. The minimum atomic E-state index is -1.40. The summed E-state index contributed by atoms with van der Waals surface area (Å²) >= 11 is 0. The molecule has 0 bridgehead atoms. The Kier molecular flexibility index (Phi) is 12.1. The summed E-state index contributed by atoms with van der Waals surface area (Å²) in [5.41, 5.74) is -2.84. The minimum Gasteiger partial charge on any atom is -0.463 e. The van der Waals surface area contributed by atoms with E-state index in [0.29, 0.717) is 9.13 Å². The first-order valence-corrected chi connectivity index (χ1v) is 11.9. The molecule has 0 saturated carbocycles. The van der Waals surface area contributed by atoms with Crippen molar-refractivity contribution < 1.29 is 29.3 Å². The first-order valence-electron chi connectivity index (χ1n) is 9.60. The highest BCUT2D eigenvalue weighted by Crippen LogP contribution is 2.23. The smallest absolute Gasteiger partial charge is 0.377 e. The van der Waals surface area contributed by atoms with E-state index in [1.54, 1.807) is 6.92 Å². The Morgan fingerprint density at radius 1 is 1.06 bits per heavy atom. The van der Waals surface area contributed by atoms with Gasteiger partial charge in [-0.05, 0) is 6.42 Å². The fourth-order valence-electron chi connectivity index (χ4n) is 2.39. The lowest BCUT2D eigenvalue weighted by atomic mass is 10.3. The summed E-state index contributed by atoms with van der Waals surface area (Å²) < 4.78 is 11.5. The fraction of sp³-hybridized carbons (Fsp3) is 0.611. The molecule has 0 fully saturated rings. The highest BCUT2D eigenvalue weighted by molar-refractivity contribution is 8.82. The van der Waals surface area contributed by atoms with Gasteiger partial charge in [0.25, 0.3) is 0 Å². The second-order valence-corrected chi connectivity index (χ2v) is 8.83. The molecule has 1 heterocycles. The molecule has 2 N–H and O–H groups in total. The third-order valence-corrected chi connectivity index (χ3v) is 6.13. The fourth-order valence-corrected chi connectivity index (χ4v) is 3.88. The zero-order valence-electron chi connectivity index (χ0n) is 17.8. The molecule has 0 aromatic carbocycles. The Balaban J connectivity index is 2.87. The predicted octanol–water partition coefficient (Wildman–Crippen LogP) is -0.429. The Bertz CT molecular complexity index is 970. The van der Waals surface area contributed by atoms with E-state index in [4.69, 9.17) is 4.74 Å². The lowest BCUT2D eigenvalue weighted by Gasteiger charge is -2.17. The van der Waals surface area contributed by atoms with Crippen molar-refractivity contribution in [3.63, 3.8) is 0 Å². The van der Waals surface area contributed by atoms with E-state index in [-0.39, 0.29) is 31.7 Å². The van der Waals surface area contributed by atoms with Gasteiger partial charge < -0.3 is 19.7 Å². The number of nitrogens with zero attached hydrogens (tertiary/aromatic N) is 3. The van der Waals surface area contributed by atoms with Gasteiger partial charge in [0.1, 0.15) is 12.7 Å². The average molecular weight is 494 g/mol. The van der Waals surface area contributed by atoms with Crippen molar-refractivity contribution in [3.8, 4) is 0 Å². The molecule has 0 aliphatic heterocycles. The molecule has 32 heavy (non-hydrogen) atoms. The number of methoxy groups -OCH3 is 1. The van der Waals surface area contributed by atoms with E-state index in [1.807, 2.05) is 0 Å². The molecule has 0 amide bonds. The van der Waals surface area contributed by atoms with E-state index in [9.17, 15) is 34.2 Å². The van der Waals surface area contributed by atoms with Gasteiger partial charge in [0.2, 0.25) is 0 Å². The number of carbonyl (C=O) groups excluding carboxylic acids is 2. The first-order chi connectivity index (χ1) is 15.2. The largest absolute Gasteiger partial charge is 0.463 e. The van der Waals surface area contributed by atoms with Crippen molar-refractivity contribution in [1.29, 1.82) is 0 Å². The van der Waals surface area contributed by atoms with Crippen LogP contribution in [0.5, 0.6) is 0 Å². The molecule has 2 unspecified atom stereocenters. The monoisotopic (exact) mass is 493 g/mol. The lowest BCUT2D eigenvalue weighted by Crippen LogP contribution is -2.56. The maximum absolute atomic E-state index is 12.7. The summed E-state index contributed by atoms with van der Waals surface area (Å²) in [5, 5.41) is 19.5. The van der Waals surface area contributed by atoms with Gasteiger partial charge in [-0.1, -0.05) is 23.8 Å². The van der Waals surface area contributed by atoms with E-state index in [1.165, 1.54) is 13.2 Å². The maximum atomic E-state index is 12.7. The van der Waals surface area contributed by atoms with Crippen molar-refractivity contribution in [2.24, 2.45) is 0 Å². The molecule has 1 aromatic heterocycles. The minimum absolute atomic E-state index is 0.0345. The molecule has 0 aliphatic rings. The second kappa shape index (κ2) is 14.0. The van der Waals surface area contributed by atoms with Crippen molar-refractivity contribution in [2.45, 2.75) is 51.6 Å².